The quantitative estimate of drug-likeness (QED) is 0.820. The number of aryl methyl sites for hydroxylation is 1. The third kappa shape index (κ3) is 1.26. The van der Waals surface area contributed by atoms with Gasteiger partial charge < -0.3 is 10.5 Å². The van der Waals surface area contributed by atoms with Gasteiger partial charge in [-0.05, 0) is 38.5 Å². The van der Waals surface area contributed by atoms with Crippen molar-refractivity contribution in [1.29, 1.82) is 0 Å². The molecule has 16 heavy (non-hydrogen) atoms. The van der Waals surface area contributed by atoms with Crippen LogP contribution in [0.3, 0.4) is 0 Å². The molecule has 0 aromatic carbocycles. The summed E-state index contributed by atoms with van der Waals surface area (Å²) in [6.45, 7) is 0. The highest BCUT2D eigenvalue weighted by Crippen LogP contribution is 2.43. The Balaban J connectivity index is 2.05. The van der Waals surface area contributed by atoms with Gasteiger partial charge in [0.25, 0.3) is 0 Å². The van der Waals surface area contributed by atoms with Crippen LogP contribution in [0.1, 0.15) is 42.8 Å². The SMILES string of the molecule is COC1(c2nc(N)c3c(n2)CCC3)CCC1. The predicted octanol–water partition coefficient (Wildman–Crippen LogP) is 1.57. The van der Waals surface area contributed by atoms with E-state index < -0.39 is 0 Å². The summed E-state index contributed by atoms with van der Waals surface area (Å²) in [6.07, 6.45) is 6.44. The minimum Gasteiger partial charge on any atom is -0.383 e. The minimum absolute atomic E-state index is 0.244. The van der Waals surface area contributed by atoms with Crippen molar-refractivity contribution >= 4 is 5.82 Å². The van der Waals surface area contributed by atoms with Crippen molar-refractivity contribution in [3.8, 4) is 0 Å². The number of rotatable bonds is 2. The maximum absolute atomic E-state index is 6.00. The molecule has 0 atom stereocenters. The number of aromatic nitrogens is 2. The molecule has 0 radical (unpaired) electrons. The zero-order chi connectivity index (χ0) is 11.2. The predicted molar refractivity (Wildman–Crippen MR) is 61.0 cm³/mol. The van der Waals surface area contributed by atoms with Gasteiger partial charge in [-0.1, -0.05) is 0 Å². The van der Waals surface area contributed by atoms with Gasteiger partial charge in [0.15, 0.2) is 5.82 Å². The fourth-order valence-electron chi connectivity index (χ4n) is 2.68. The second kappa shape index (κ2) is 3.42. The van der Waals surface area contributed by atoms with Crippen LogP contribution in [0.2, 0.25) is 0 Å². The Morgan fingerprint density at radius 2 is 2.00 bits per heavy atom. The molecular formula is C12H17N3O. The van der Waals surface area contributed by atoms with Crippen LogP contribution in [0, 0.1) is 0 Å². The highest BCUT2D eigenvalue weighted by Gasteiger charge is 2.42. The molecule has 0 saturated heterocycles. The van der Waals surface area contributed by atoms with Crippen molar-refractivity contribution in [2.75, 3.05) is 12.8 Å². The van der Waals surface area contributed by atoms with Crippen LogP contribution in [-0.4, -0.2) is 17.1 Å². The fraction of sp³-hybridized carbons (Fsp3) is 0.667. The lowest BCUT2D eigenvalue weighted by Gasteiger charge is -2.39. The molecule has 0 spiro atoms. The summed E-state index contributed by atoms with van der Waals surface area (Å²) in [5.41, 5.74) is 8.06. The molecular weight excluding hydrogens is 202 g/mol. The first-order valence-electron chi connectivity index (χ1n) is 5.96. The summed E-state index contributed by atoms with van der Waals surface area (Å²) in [5.74, 6) is 1.47. The van der Waals surface area contributed by atoms with E-state index in [1.165, 1.54) is 6.42 Å². The van der Waals surface area contributed by atoms with Crippen molar-refractivity contribution < 1.29 is 4.74 Å². The van der Waals surface area contributed by atoms with E-state index in [1.807, 2.05) is 0 Å². The van der Waals surface area contributed by atoms with Gasteiger partial charge in [0.1, 0.15) is 11.4 Å². The van der Waals surface area contributed by atoms with E-state index in [9.17, 15) is 0 Å². The molecule has 1 heterocycles. The van der Waals surface area contributed by atoms with Crippen LogP contribution in [-0.2, 0) is 23.2 Å². The van der Waals surface area contributed by atoms with Crippen LogP contribution >= 0.6 is 0 Å². The molecule has 2 aliphatic carbocycles. The van der Waals surface area contributed by atoms with E-state index in [-0.39, 0.29) is 5.60 Å². The van der Waals surface area contributed by atoms with E-state index in [0.29, 0.717) is 5.82 Å². The summed E-state index contributed by atoms with van der Waals surface area (Å²) >= 11 is 0. The molecule has 2 aliphatic rings. The van der Waals surface area contributed by atoms with E-state index in [1.54, 1.807) is 7.11 Å². The van der Waals surface area contributed by atoms with Gasteiger partial charge in [-0.3, -0.25) is 0 Å². The Bertz CT molecular complexity index is 421. The number of nitrogens with two attached hydrogens (primary N) is 1. The number of nitrogen functional groups attached to an aromatic ring is 1. The number of hydrogen-bond donors (Lipinski definition) is 1. The topological polar surface area (TPSA) is 61.0 Å². The largest absolute Gasteiger partial charge is 0.383 e. The van der Waals surface area contributed by atoms with Crippen LogP contribution in [0.4, 0.5) is 5.82 Å². The average molecular weight is 219 g/mol. The lowest BCUT2D eigenvalue weighted by molar-refractivity contribution is -0.0846. The Kier molecular flexibility index (Phi) is 2.14. The standard InChI is InChI=1S/C12H17N3O/c1-16-12(6-3-7-12)11-14-9-5-2-4-8(9)10(13)15-11/h2-7H2,1H3,(H2,13,14,15). The van der Waals surface area contributed by atoms with Gasteiger partial charge in [0.2, 0.25) is 0 Å². The first-order chi connectivity index (χ1) is 7.75. The van der Waals surface area contributed by atoms with E-state index in [0.717, 1.165) is 49.2 Å². The highest BCUT2D eigenvalue weighted by molar-refractivity contribution is 5.45. The van der Waals surface area contributed by atoms with E-state index in [4.69, 9.17) is 10.5 Å². The first-order valence-corrected chi connectivity index (χ1v) is 5.96. The van der Waals surface area contributed by atoms with Gasteiger partial charge in [-0.25, -0.2) is 9.97 Å². The normalized spacial score (nSPS) is 21.6. The summed E-state index contributed by atoms with van der Waals surface area (Å²) < 4.78 is 5.59. The number of fused-ring (bicyclic) bond motifs is 1. The van der Waals surface area contributed by atoms with Gasteiger partial charge in [-0.2, -0.15) is 0 Å². The molecule has 3 rings (SSSR count). The summed E-state index contributed by atoms with van der Waals surface area (Å²) in [4.78, 5) is 9.11. The van der Waals surface area contributed by atoms with E-state index in [2.05, 4.69) is 9.97 Å². The molecule has 2 N–H and O–H groups in total. The Hall–Kier alpha value is -1.16. The maximum Gasteiger partial charge on any atom is 0.162 e. The average Bonchev–Trinajstić information content (AvgIpc) is 2.65. The minimum atomic E-state index is -0.244. The number of nitrogens with zero attached hydrogens (tertiary/aromatic N) is 2. The second-order valence-corrected chi connectivity index (χ2v) is 4.76. The molecule has 0 bridgehead atoms. The van der Waals surface area contributed by atoms with Crippen molar-refractivity contribution in [2.24, 2.45) is 0 Å². The number of methoxy groups -OCH3 is 1. The van der Waals surface area contributed by atoms with E-state index >= 15 is 0 Å². The van der Waals surface area contributed by atoms with Crippen LogP contribution < -0.4 is 5.73 Å². The van der Waals surface area contributed by atoms with Crippen molar-refractivity contribution in [3.63, 3.8) is 0 Å². The summed E-state index contributed by atoms with van der Waals surface area (Å²) in [7, 11) is 1.74. The Morgan fingerprint density at radius 3 is 2.62 bits per heavy atom. The van der Waals surface area contributed by atoms with Crippen molar-refractivity contribution in [1.82, 2.24) is 9.97 Å². The Morgan fingerprint density at radius 1 is 1.19 bits per heavy atom. The zero-order valence-corrected chi connectivity index (χ0v) is 9.62. The first kappa shape index (κ1) is 10.0. The molecule has 0 unspecified atom stereocenters. The summed E-state index contributed by atoms with van der Waals surface area (Å²) in [6, 6.07) is 0. The molecule has 1 aromatic heterocycles. The van der Waals surface area contributed by atoms with Crippen LogP contribution in [0.15, 0.2) is 0 Å². The van der Waals surface area contributed by atoms with Gasteiger partial charge >= 0.3 is 0 Å². The number of ether oxygens (including phenoxy) is 1. The van der Waals surface area contributed by atoms with Gasteiger partial charge in [-0.15, -0.1) is 0 Å². The number of hydrogen-bond acceptors (Lipinski definition) is 4. The molecule has 1 saturated carbocycles. The molecule has 4 heteroatoms. The summed E-state index contributed by atoms with van der Waals surface area (Å²) in [5, 5.41) is 0. The maximum atomic E-state index is 6.00. The smallest absolute Gasteiger partial charge is 0.162 e. The molecule has 1 aromatic rings. The molecule has 4 nitrogen and oxygen atoms in total. The van der Waals surface area contributed by atoms with Gasteiger partial charge in [0.05, 0.1) is 0 Å². The molecule has 1 fully saturated rings. The highest BCUT2D eigenvalue weighted by atomic mass is 16.5. The number of anilines is 1. The lowest BCUT2D eigenvalue weighted by Crippen LogP contribution is -2.38. The zero-order valence-electron chi connectivity index (χ0n) is 9.62. The molecule has 86 valence electrons. The molecule has 0 aliphatic heterocycles. The van der Waals surface area contributed by atoms with Crippen LogP contribution in [0.25, 0.3) is 0 Å². The third-order valence-electron chi connectivity index (χ3n) is 3.92. The second-order valence-electron chi connectivity index (χ2n) is 4.76. The van der Waals surface area contributed by atoms with Crippen molar-refractivity contribution in [3.05, 3.63) is 17.1 Å². The molecule has 0 amide bonds. The Labute approximate surface area is 95.2 Å². The monoisotopic (exact) mass is 219 g/mol. The fourth-order valence-corrected chi connectivity index (χ4v) is 2.68. The third-order valence-corrected chi connectivity index (χ3v) is 3.92. The lowest BCUT2D eigenvalue weighted by atomic mass is 9.79. The van der Waals surface area contributed by atoms with Gasteiger partial charge in [0, 0.05) is 18.4 Å². The van der Waals surface area contributed by atoms with Crippen LogP contribution in [0.5, 0.6) is 0 Å². The van der Waals surface area contributed by atoms with Crippen molar-refractivity contribution in [2.45, 2.75) is 44.1 Å².